The molecule has 43 heavy (non-hydrogen) atoms. The number of amides is 3. The zero-order valence-corrected chi connectivity index (χ0v) is 26.7. The molecular formula is C36H45N5O2. The third-order valence-corrected chi connectivity index (χ3v) is 7.43. The van der Waals surface area contributed by atoms with Crippen molar-refractivity contribution in [3.05, 3.63) is 107 Å². The third-order valence-electron chi connectivity index (χ3n) is 7.43. The Kier molecular flexibility index (Phi) is 9.74. The molecule has 0 saturated heterocycles. The highest BCUT2D eigenvalue weighted by Gasteiger charge is 2.25. The number of aryl methyl sites for hydroxylation is 1. The normalized spacial score (nSPS) is 11.6. The van der Waals surface area contributed by atoms with Crippen LogP contribution in [0.25, 0.3) is 5.69 Å². The Morgan fingerprint density at radius 2 is 1.47 bits per heavy atom. The SMILES string of the molecule is Cc1cccc(-n2nc(C(C)(C)C)cc2NC(=O)CN(Cc2ccccc2)C(=O)Nc2c(C(C)C)cccc2C(C)C)c1. The lowest BCUT2D eigenvalue weighted by Gasteiger charge is -2.26. The van der Waals surface area contributed by atoms with E-state index in [0.717, 1.165) is 39.3 Å². The largest absolute Gasteiger partial charge is 0.322 e. The van der Waals surface area contributed by atoms with Crippen LogP contribution in [0.5, 0.6) is 0 Å². The molecule has 0 spiro atoms. The minimum absolute atomic E-state index is 0.133. The lowest BCUT2D eigenvalue weighted by molar-refractivity contribution is -0.116. The molecule has 0 aliphatic carbocycles. The van der Waals surface area contributed by atoms with Gasteiger partial charge in [-0.2, -0.15) is 5.10 Å². The number of aromatic nitrogens is 2. The number of urea groups is 1. The average Bonchev–Trinajstić information content (AvgIpc) is 3.37. The molecule has 0 aliphatic rings. The van der Waals surface area contributed by atoms with Gasteiger partial charge in [-0.3, -0.25) is 4.79 Å². The first-order valence-electron chi connectivity index (χ1n) is 15.0. The third kappa shape index (κ3) is 7.92. The molecular weight excluding hydrogens is 534 g/mol. The first kappa shape index (κ1) is 31.5. The predicted octanol–water partition coefficient (Wildman–Crippen LogP) is 8.40. The first-order chi connectivity index (χ1) is 20.3. The van der Waals surface area contributed by atoms with Crippen molar-refractivity contribution < 1.29 is 9.59 Å². The molecule has 3 aromatic carbocycles. The van der Waals surface area contributed by atoms with E-state index in [2.05, 4.69) is 71.2 Å². The average molecular weight is 580 g/mol. The molecule has 0 aliphatic heterocycles. The summed E-state index contributed by atoms with van der Waals surface area (Å²) in [5.41, 5.74) is 6.49. The zero-order valence-electron chi connectivity index (χ0n) is 26.7. The molecule has 0 fully saturated rings. The highest BCUT2D eigenvalue weighted by atomic mass is 16.2. The van der Waals surface area contributed by atoms with Crippen molar-refractivity contribution in [1.82, 2.24) is 14.7 Å². The Balaban J connectivity index is 1.65. The molecule has 2 N–H and O–H groups in total. The second kappa shape index (κ2) is 13.3. The minimum atomic E-state index is -0.323. The predicted molar refractivity (Wildman–Crippen MR) is 176 cm³/mol. The summed E-state index contributed by atoms with van der Waals surface area (Å²) in [5.74, 6) is 0.701. The van der Waals surface area contributed by atoms with Crippen LogP contribution in [0.15, 0.2) is 78.9 Å². The van der Waals surface area contributed by atoms with Crippen LogP contribution in [0, 0.1) is 6.92 Å². The fourth-order valence-corrected chi connectivity index (χ4v) is 5.03. The van der Waals surface area contributed by atoms with Gasteiger partial charge in [0.2, 0.25) is 5.91 Å². The van der Waals surface area contributed by atoms with E-state index in [1.54, 1.807) is 9.58 Å². The molecule has 0 saturated carbocycles. The molecule has 7 nitrogen and oxygen atoms in total. The topological polar surface area (TPSA) is 79.3 Å². The molecule has 4 rings (SSSR count). The number of nitrogens with one attached hydrogen (secondary N) is 2. The van der Waals surface area contributed by atoms with Gasteiger partial charge in [0.1, 0.15) is 12.4 Å². The van der Waals surface area contributed by atoms with Gasteiger partial charge in [-0.15, -0.1) is 0 Å². The summed E-state index contributed by atoms with van der Waals surface area (Å²) < 4.78 is 1.76. The molecule has 0 atom stereocenters. The Labute approximate surface area is 256 Å². The maximum absolute atomic E-state index is 13.9. The Morgan fingerprint density at radius 1 is 0.837 bits per heavy atom. The van der Waals surface area contributed by atoms with Gasteiger partial charge < -0.3 is 15.5 Å². The Bertz CT molecular complexity index is 1540. The Morgan fingerprint density at radius 3 is 2.05 bits per heavy atom. The maximum Gasteiger partial charge on any atom is 0.322 e. The van der Waals surface area contributed by atoms with Gasteiger partial charge in [-0.05, 0) is 53.1 Å². The lowest BCUT2D eigenvalue weighted by Crippen LogP contribution is -2.40. The number of rotatable bonds is 9. The van der Waals surface area contributed by atoms with Crippen LogP contribution in [-0.2, 0) is 16.8 Å². The van der Waals surface area contributed by atoms with Gasteiger partial charge in [0.05, 0.1) is 11.4 Å². The smallest absolute Gasteiger partial charge is 0.311 e. The van der Waals surface area contributed by atoms with E-state index in [9.17, 15) is 9.59 Å². The number of carbonyl (C=O) groups excluding carboxylic acids is 2. The number of hydrogen-bond donors (Lipinski definition) is 2. The van der Waals surface area contributed by atoms with Crippen LogP contribution in [0.3, 0.4) is 0 Å². The summed E-state index contributed by atoms with van der Waals surface area (Å²) in [6, 6.07) is 25.5. The number of anilines is 2. The summed E-state index contributed by atoms with van der Waals surface area (Å²) in [6.45, 7) is 16.9. The van der Waals surface area contributed by atoms with Crippen molar-refractivity contribution in [2.24, 2.45) is 0 Å². The first-order valence-corrected chi connectivity index (χ1v) is 15.0. The second-order valence-corrected chi connectivity index (χ2v) is 12.9. The molecule has 0 unspecified atom stereocenters. The van der Waals surface area contributed by atoms with Gasteiger partial charge in [-0.1, -0.05) is 109 Å². The van der Waals surface area contributed by atoms with E-state index >= 15 is 0 Å². The van der Waals surface area contributed by atoms with E-state index in [1.165, 1.54) is 0 Å². The van der Waals surface area contributed by atoms with Crippen LogP contribution in [0.1, 0.15) is 88.2 Å². The van der Waals surface area contributed by atoms with Crippen LogP contribution >= 0.6 is 0 Å². The molecule has 3 amide bonds. The highest BCUT2D eigenvalue weighted by molar-refractivity contribution is 5.97. The van der Waals surface area contributed by atoms with Gasteiger partial charge in [0.25, 0.3) is 0 Å². The Hall–Kier alpha value is -4.39. The highest BCUT2D eigenvalue weighted by Crippen LogP contribution is 2.33. The van der Waals surface area contributed by atoms with Crippen molar-refractivity contribution in [1.29, 1.82) is 0 Å². The number of para-hydroxylation sites is 1. The van der Waals surface area contributed by atoms with Crippen LogP contribution in [0.4, 0.5) is 16.3 Å². The van der Waals surface area contributed by atoms with E-state index in [0.29, 0.717) is 5.82 Å². The molecule has 226 valence electrons. The number of nitrogens with zero attached hydrogens (tertiary/aromatic N) is 3. The van der Waals surface area contributed by atoms with Crippen LogP contribution in [-0.4, -0.2) is 33.2 Å². The maximum atomic E-state index is 13.9. The van der Waals surface area contributed by atoms with Gasteiger partial charge in [0, 0.05) is 23.7 Å². The van der Waals surface area contributed by atoms with Crippen LogP contribution in [0.2, 0.25) is 0 Å². The minimum Gasteiger partial charge on any atom is -0.311 e. The summed E-state index contributed by atoms with van der Waals surface area (Å²) in [5, 5.41) is 11.1. The van der Waals surface area contributed by atoms with E-state index in [4.69, 9.17) is 5.10 Å². The van der Waals surface area contributed by atoms with Crippen molar-refractivity contribution >= 4 is 23.4 Å². The molecule has 4 aromatic rings. The molecule has 1 aromatic heterocycles. The van der Waals surface area contributed by atoms with Gasteiger partial charge >= 0.3 is 6.03 Å². The van der Waals surface area contributed by atoms with Crippen molar-refractivity contribution in [2.75, 3.05) is 17.2 Å². The standard InChI is InChI=1S/C36H45N5O2/c1-24(2)29-18-13-19-30(25(3)4)34(29)38-35(43)40(22-27-15-10-9-11-16-27)23-33(42)37-32-21-31(36(6,7)8)39-41(32)28-17-12-14-26(5)20-28/h9-21,24-25H,22-23H2,1-8H3,(H,37,42)(H,38,43). The van der Waals surface area contributed by atoms with E-state index < -0.39 is 0 Å². The van der Waals surface area contributed by atoms with Crippen LogP contribution < -0.4 is 10.6 Å². The quantitative estimate of drug-likeness (QED) is 0.209. The number of benzene rings is 3. The molecule has 0 bridgehead atoms. The second-order valence-electron chi connectivity index (χ2n) is 12.9. The molecule has 1 heterocycles. The lowest BCUT2D eigenvalue weighted by atomic mass is 9.92. The monoisotopic (exact) mass is 579 g/mol. The zero-order chi connectivity index (χ0) is 31.3. The summed E-state index contributed by atoms with van der Waals surface area (Å²) in [4.78, 5) is 29.1. The molecule has 7 heteroatoms. The van der Waals surface area contributed by atoms with Gasteiger partial charge in [-0.25, -0.2) is 9.48 Å². The number of carbonyl (C=O) groups is 2. The van der Waals surface area contributed by atoms with Crippen molar-refractivity contribution in [2.45, 2.75) is 79.2 Å². The van der Waals surface area contributed by atoms with E-state index in [-0.39, 0.29) is 42.3 Å². The van der Waals surface area contributed by atoms with E-state index in [1.807, 2.05) is 73.7 Å². The number of hydrogen-bond acceptors (Lipinski definition) is 3. The molecule has 0 radical (unpaired) electrons. The summed E-state index contributed by atoms with van der Waals surface area (Å²) in [7, 11) is 0. The van der Waals surface area contributed by atoms with Crippen molar-refractivity contribution in [3.63, 3.8) is 0 Å². The fraction of sp³-hybridized carbons (Fsp3) is 0.361. The summed E-state index contributed by atoms with van der Waals surface area (Å²) >= 11 is 0. The summed E-state index contributed by atoms with van der Waals surface area (Å²) in [6.07, 6.45) is 0. The van der Waals surface area contributed by atoms with Crippen molar-refractivity contribution in [3.8, 4) is 5.69 Å². The van der Waals surface area contributed by atoms with Gasteiger partial charge in [0.15, 0.2) is 0 Å². The fourth-order valence-electron chi connectivity index (χ4n) is 5.03.